The second kappa shape index (κ2) is 14.9. The molecule has 234 valence electrons. The van der Waals surface area contributed by atoms with Gasteiger partial charge in [-0.2, -0.15) is 20.1 Å². The van der Waals surface area contributed by atoms with Crippen LogP contribution in [0.3, 0.4) is 0 Å². The molecule has 0 saturated carbocycles. The number of ether oxygens (including phenoxy) is 2. The number of thiazole rings is 1. The van der Waals surface area contributed by atoms with Crippen LogP contribution in [-0.2, 0) is 20.8 Å². The van der Waals surface area contributed by atoms with Crippen molar-refractivity contribution in [2.24, 2.45) is 10.2 Å². The Labute approximate surface area is 272 Å². The maximum absolute atomic E-state index is 12.5. The van der Waals surface area contributed by atoms with Gasteiger partial charge in [0.25, 0.3) is 5.95 Å². The Morgan fingerprint density at radius 2 is 1.78 bits per heavy atom. The highest BCUT2D eigenvalue weighted by molar-refractivity contribution is 8.01. The molecule has 3 heterocycles. The Kier molecular flexibility index (Phi) is 10.0. The van der Waals surface area contributed by atoms with E-state index in [-0.39, 0.29) is 17.6 Å². The molecule has 15 heteroatoms. The number of anilines is 4. The van der Waals surface area contributed by atoms with E-state index in [4.69, 9.17) is 14.5 Å². The summed E-state index contributed by atoms with van der Waals surface area (Å²) in [5.74, 6) is 0.705. The lowest BCUT2D eigenvalue weighted by Gasteiger charge is -2.26. The van der Waals surface area contributed by atoms with Gasteiger partial charge in [-0.05, 0) is 54.1 Å². The van der Waals surface area contributed by atoms with E-state index in [0.29, 0.717) is 56.0 Å². The first-order chi connectivity index (χ1) is 22.5. The molecule has 13 nitrogen and oxygen atoms in total. The zero-order valence-electron chi connectivity index (χ0n) is 24.8. The Balaban J connectivity index is 1.08. The summed E-state index contributed by atoms with van der Waals surface area (Å²) in [4.78, 5) is 44.4. The molecule has 5 aromatic rings. The number of azo groups is 1. The molecule has 0 bridgehead atoms. The molecule has 0 unspecified atom stereocenters. The Hall–Kier alpha value is -4.99. The first kappa shape index (κ1) is 31.0. The third-order valence-electron chi connectivity index (χ3n) is 6.70. The van der Waals surface area contributed by atoms with E-state index in [1.807, 2.05) is 53.4 Å². The molecule has 1 aliphatic rings. The number of para-hydroxylation sites is 1. The number of aromatic nitrogens is 4. The van der Waals surface area contributed by atoms with Crippen LogP contribution in [0.5, 0.6) is 0 Å². The summed E-state index contributed by atoms with van der Waals surface area (Å²) in [6.45, 7) is 2.87. The number of fused-ring (bicyclic) bond motifs is 1. The van der Waals surface area contributed by atoms with Crippen molar-refractivity contribution in [3.8, 4) is 0 Å². The average molecular weight is 656 g/mol. The minimum Gasteiger partial charge on any atom is -0.465 e. The van der Waals surface area contributed by atoms with Crippen molar-refractivity contribution in [1.82, 2.24) is 19.9 Å². The summed E-state index contributed by atoms with van der Waals surface area (Å²) in [6, 6.07) is 22.1. The maximum Gasteiger partial charge on any atom is 0.337 e. The van der Waals surface area contributed by atoms with Crippen LogP contribution >= 0.6 is 23.1 Å². The predicted octanol–water partition coefficient (Wildman–Crippen LogP) is 5.86. The number of benzene rings is 3. The third kappa shape index (κ3) is 8.18. The van der Waals surface area contributed by atoms with Crippen molar-refractivity contribution in [2.75, 3.05) is 54.7 Å². The average Bonchev–Trinajstić information content (AvgIpc) is 3.50. The number of nitrogens with zero attached hydrogens (tertiary/aromatic N) is 7. The van der Waals surface area contributed by atoms with Gasteiger partial charge in [-0.1, -0.05) is 36.0 Å². The normalized spacial score (nSPS) is 13.2. The molecule has 46 heavy (non-hydrogen) atoms. The summed E-state index contributed by atoms with van der Waals surface area (Å²) in [7, 11) is 1.32. The molecule has 1 saturated heterocycles. The van der Waals surface area contributed by atoms with Crippen LogP contribution in [0, 0.1) is 0 Å². The number of esters is 1. The first-order valence-corrected chi connectivity index (χ1v) is 16.1. The number of amides is 1. The molecule has 6 rings (SSSR count). The predicted molar refractivity (Wildman–Crippen MR) is 178 cm³/mol. The number of methoxy groups -OCH3 is 1. The van der Waals surface area contributed by atoms with Gasteiger partial charge in [0, 0.05) is 24.5 Å². The van der Waals surface area contributed by atoms with Gasteiger partial charge >= 0.3 is 5.97 Å². The number of nitrogens with one attached hydrogen (secondary N) is 2. The van der Waals surface area contributed by atoms with E-state index in [0.717, 1.165) is 25.8 Å². The molecule has 1 fully saturated rings. The second-order valence-corrected chi connectivity index (χ2v) is 12.2. The summed E-state index contributed by atoms with van der Waals surface area (Å²) in [5, 5.41) is 14.7. The Morgan fingerprint density at radius 1 is 0.978 bits per heavy atom. The molecule has 2 N–H and O–H groups in total. The zero-order chi connectivity index (χ0) is 31.7. The van der Waals surface area contributed by atoms with Crippen LogP contribution in [0.4, 0.5) is 29.2 Å². The monoisotopic (exact) mass is 655 g/mol. The molecule has 0 radical (unpaired) electrons. The fourth-order valence-corrected chi connectivity index (χ4v) is 6.28. The van der Waals surface area contributed by atoms with Crippen molar-refractivity contribution >= 4 is 74.4 Å². The van der Waals surface area contributed by atoms with Crippen LogP contribution < -0.4 is 15.5 Å². The Morgan fingerprint density at radius 3 is 2.57 bits per heavy atom. The van der Waals surface area contributed by atoms with Gasteiger partial charge < -0.3 is 25.0 Å². The van der Waals surface area contributed by atoms with Crippen LogP contribution in [0.2, 0.25) is 0 Å². The largest absolute Gasteiger partial charge is 0.465 e. The summed E-state index contributed by atoms with van der Waals surface area (Å²) < 4.78 is 12.0. The number of hydrogen-bond acceptors (Lipinski definition) is 14. The third-order valence-corrected chi connectivity index (χ3v) is 8.88. The zero-order valence-corrected chi connectivity index (χ0v) is 26.4. The van der Waals surface area contributed by atoms with Crippen molar-refractivity contribution < 1.29 is 19.1 Å². The minimum absolute atomic E-state index is 0.173. The van der Waals surface area contributed by atoms with Gasteiger partial charge in [0.15, 0.2) is 4.34 Å². The number of rotatable bonds is 11. The van der Waals surface area contributed by atoms with Crippen molar-refractivity contribution in [3.63, 3.8) is 0 Å². The Bertz CT molecular complexity index is 1850. The molecule has 0 aliphatic carbocycles. The highest BCUT2D eigenvalue weighted by Gasteiger charge is 2.17. The van der Waals surface area contributed by atoms with Crippen LogP contribution in [0.15, 0.2) is 87.4 Å². The van der Waals surface area contributed by atoms with Crippen LogP contribution in [0.25, 0.3) is 10.2 Å². The lowest BCUT2D eigenvalue weighted by atomic mass is 10.2. The van der Waals surface area contributed by atoms with E-state index in [2.05, 4.69) is 35.8 Å². The smallest absolute Gasteiger partial charge is 0.337 e. The molecule has 3 aromatic carbocycles. The maximum atomic E-state index is 12.5. The number of morpholine rings is 1. The number of thioether (sulfide) groups is 1. The highest BCUT2D eigenvalue weighted by atomic mass is 32.2. The van der Waals surface area contributed by atoms with Gasteiger partial charge in [0.05, 0.1) is 48.4 Å². The standard InChI is InChI=1S/C31H29N9O4S2/c1-43-27(42)21-8-10-23(11-9-21)33-26(41)19-45-31-35-24-17-20(7-12-25(24)46-31)18-32-39-29-36-28(34-22-5-3-2-4-6-22)37-30(38-29)40-13-15-44-16-14-40/h2-12,17H,13-16,18-19H2,1H3,(H,33,41)(H,34,36,37,38). The van der Waals surface area contributed by atoms with Crippen molar-refractivity contribution in [2.45, 2.75) is 10.9 Å². The molecule has 2 aromatic heterocycles. The minimum atomic E-state index is -0.429. The van der Waals surface area contributed by atoms with Gasteiger partial charge in [0.1, 0.15) is 0 Å². The van der Waals surface area contributed by atoms with Crippen molar-refractivity contribution in [1.29, 1.82) is 0 Å². The van der Waals surface area contributed by atoms with Gasteiger partial charge in [-0.3, -0.25) is 4.79 Å². The number of carbonyl (C=O) groups excluding carboxylic acids is 2. The van der Waals surface area contributed by atoms with E-state index >= 15 is 0 Å². The molecule has 1 amide bonds. The van der Waals surface area contributed by atoms with Gasteiger partial charge in [-0.25, -0.2) is 9.78 Å². The lowest BCUT2D eigenvalue weighted by molar-refractivity contribution is -0.113. The summed E-state index contributed by atoms with van der Waals surface area (Å²) >= 11 is 2.88. The molecule has 0 spiro atoms. The van der Waals surface area contributed by atoms with Crippen LogP contribution in [-0.4, -0.2) is 71.0 Å². The highest BCUT2D eigenvalue weighted by Crippen LogP contribution is 2.30. The first-order valence-electron chi connectivity index (χ1n) is 14.3. The lowest BCUT2D eigenvalue weighted by Crippen LogP contribution is -2.37. The molecule has 0 atom stereocenters. The molecular formula is C31H29N9O4S2. The van der Waals surface area contributed by atoms with Gasteiger partial charge in [-0.15, -0.1) is 16.5 Å². The number of carbonyl (C=O) groups is 2. The van der Waals surface area contributed by atoms with E-state index in [1.54, 1.807) is 24.3 Å². The fourth-order valence-electron chi connectivity index (χ4n) is 4.43. The quantitative estimate of drug-likeness (QED) is 0.0998. The topological polar surface area (TPSA) is 156 Å². The van der Waals surface area contributed by atoms with Crippen molar-refractivity contribution in [3.05, 3.63) is 83.9 Å². The number of hydrogen-bond donors (Lipinski definition) is 2. The SMILES string of the molecule is COC(=O)c1ccc(NC(=O)CSc2nc3cc(CN=Nc4nc(Nc5ccccc5)nc(N5CCOCC5)n4)ccc3s2)cc1. The molecular weight excluding hydrogens is 627 g/mol. The van der Waals surface area contributed by atoms with E-state index < -0.39 is 5.97 Å². The molecule has 1 aliphatic heterocycles. The fraction of sp³-hybridized carbons (Fsp3) is 0.226. The second-order valence-electron chi connectivity index (χ2n) is 9.94. The van der Waals surface area contributed by atoms with E-state index in [1.165, 1.54) is 30.2 Å². The van der Waals surface area contributed by atoms with Gasteiger partial charge in [0.2, 0.25) is 17.8 Å². The summed E-state index contributed by atoms with van der Waals surface area (Å²) in [6.07, 6.45) is 0. The van der Waals surface area contributed by atoms with Crippen LogP contribution in [0.1, 0.15) is 15.9 Å². The summed E-state index contributed by atoms with van der Waals surface area (Å²) in [5.41, 5.74) is 3.61. The van der Waals surface area contributed by atoms with E-state index in [9.17, 15) is 9.59 Å².